The second-order valence-corrected chi connectivity index (χ2v) is 1.48. The van der Waals surface area contributed by atoms with E-state index in [1.807, 2.05) is 25.1 Å². The number of hydrogen-bond donors (Lipinski definition) is 1. The van der Waals surface area contributed by atoms with Crippen LogP contribution in [-0.4, -0.2) is 11.6 Å². The van der Waals surface area contributed by atoms with Gasteiger partial charge >= 0.3 is 0 Å². The van der Waals surface area contributed by atoms with Gasteiger partial charge in [0, 0.05) is 12.4 Å². The minimum atomic E-state index is 0.597. The second-order valence-electron chi connectivity index (χ2n) is 1.48. The normalized spacial score (nSPS) is 7.80. The van der Waals surface area contributed by atoms with Gasteiger partial charge in [-0.15, -0.1) is 0 Å². The summed E-state index contributed by atoms with van der Waals surface area (Å²) in [6.07, 6.45) is 3.50. The molecule has 0 amide bonds. The van der Waals surface area contributed by atoms with E-state index in [-0.39, 0.29) is 0 Å². The molecule has 1 rings (SSSR count). The van der Waals surface area contributed by atoms with Gasteiger partial charge in [-0.25, -0.2) is 5.90 Å². The third kappa shape index (κ3) is 7.07. The molecule has 0 saturated heterocycles. The van der Waals surface area contributed by atoms with E-state index in [9.17, 15) is 0 Å². The van der Waals surface area contributed by atoms with E-state index in [1.165, 1.54) is 0 Å². The van der Waals surface area contributed by atoms with E-state index < -0.39 is 0 Å². The summed E-state index contributed by atoms with van der Waals surface area (Å²) in [7, 11) is 0. The van der Waals surface area contributed by atoms with Crippen molar-refractivity contribution in [1.82, 2.24) is 4.98 Å². The van der Waals surface area contributed by atoms with Crippen molar-refractivity contribution in [3.05, 3.63) is 30.6 Å². The quantitative estimate of drug-likeness (QED) is 0.591. The lowest BCUT2D eigenvalue weighted by molar-refractivity contribution is 0.152. The largest absolute Gasteiger partial charge is 0.305 e. The van der Waals surface area contributed by atoms with E-state index in [0.29, 0.717) is 6.61 Å². The van der Waals surface area contributed by atoms with Crippen LogP contribution in [0.4, 0.5) is 0 Å². The molecule has 3 heteroatoms. The van der Waals surface area contributed by atoms with Gasteiger partial charge in [0.2, 0.25) is 0 Å². The van der Waals surface area contributed by atoms with Gasteiger partial charge in [-0.3, -0.25) is 4.98 Å². The maximum atomic E-state index is 4.53. The Morgan fingerprint density at radius 3 is 1.90 bits per heavy atom. The van der Waals surface area contributed by atoms with Gasteiger partial charge in [-0.2, -0.15) is 0 Å². The molecule has 1 heterocycles. The average Bonchev–Trinajstić information content (AvgIpc) is 2.08. The minimum absolute atomic E-state index is 0.597. The molecule has 0 radical (unpaired) electrons. The van der Waals surface area contributed by atoms with Crippen LogP contribution in [0.25, 0.3) is 0 Å². The molecular formula is C7H12N2O. The van der Waals surface area contributed by atoms with Crippen LogP contribution in [0, 0.1) is 0 Å². The number of nitrogens with zero attached hydrogens (tertiary/aromatic N) is 1. The van der Waals surface area contributed by atoms with E-state index in [1.54, 1.807) is 12.4 Å². The Kier molecular flexibility index (Phi) is 7.32. The summed E-state index contributed by atoms with van der Waals surface area (Å²) >= 11 is 0. The van der Waals surface area contributed by atoms with E-state index in [2.05, 4.69) is 15.7 Å². The van der Waals surface area contributed by atoms with Gasteiger partial charge in [0.1, 0.15) is 0 Å². The molecule has 10 heavy (non-hydrogen) atoms. The number of aromatic nitrogens is 1. The fourth-order valence-corrected chi connectivity index (χ4v) is 0.313. The molecule has 0 fully saturated rings. The first-order valence-corrected chi connectivity index (χ1v) is 3.08. The molecule has 1 aromatic heterocycles. The van der Waals surface area contributed by atoms with Crippen molar-refractivity contribution in [3.8, 4) is 0 Å². The van der Waals surface area contributed by atoms with Crippen LogP contribution in [0.15, 0.2) is 30.6 Å². The second kappa shape index (κ2) is 8.07. The zero-order valence-electron chi connectivity index (χ0n) is 6.03. The number of pyridine rings is 1. The molecule has 56 valence electrons. The van der Waals surface area contributed by atoms with Crippen LogP contribution in [0.1, 0.15) is 6.92 Å². The lowest BCUT2D eigenvalue weighted by atomic mass is 10.5. The van der Waals surface area contributed by atoms with Crippen molar-refractivity contribution in [1.29, 1.82) is 0 Å². The maximum Gasteiger partial charge on any atom is 0.0651 e. The number of nitrogens with two attached hydrogens (primary N) is 1. The van der Waals surface area contributed by atoms with Crippen LogP contribution in [0.2, 0.25) is 0 Å². The van der Waals surface area contributed by atoms with Gasteiger partial charge in [0.25, 0.3) is 0 Å². The van der Waals surface area contributed by atoms with Gasteiger partial charge in [0.05, 0.1) is 6.61 Å². The predicted molar refractivity (Wildman–Crippen MR) is 40.1 cm³/mol. The first-order valence-electron chi connectivity index (χ1n) is 3.08. The molecule has 0 aromatic carbocycles. The fourth-order valence-electron chi connectivity index (χ4n) is 0.313. The first kappa shape index (κ1) is 9.07. The molecular weight excluding hydrogens is 128 g/mol. The Labute approximate surface area is 60.8 Å². The standard InChI is InChI=1S/C5H5N.C2H7NO/c1-2-4-6-5-3-1;1-2-4-3/h1-5H;2-3H2,1H3. The molecule has 0 atom stereocenters. The summed E-state index contributed by atoms with van der Waals surface area (Å²) in [5, 5.41) is 0. The van der Waals surface area contributed by atoms with Crippen molar-refractivity contribution in [2.45, 2.75) is 6.92 Å². The van der Waals surface area contributed by atoms with E-state index >= 15 is 0 Å². The van der Waals surface area contributed by atoms with Crippen LogP contribution < -0.4 is 5.90 Å². The Hall–Kier alpha value is -0.930. The summed E-state index contributed by atoms with van der Waals surface area (Å²) in [5.41, 5.74) is 0. The Bertz CT molecular complexity index is 104. The molecule has 0 saturated carbocycles. The average molecular weight is 140 g/mol. The highest BCUT2D eigenvalue weighted by Gasteiger charge is 1.58. The van der Waals surface area contributed by atoms with Crippen LogP contribution in [0.3, 0.4) is 0 Å². The predicted octanol–water partition coefficient (Wildman–Crippen LogP) is 0.978. The van der Waals surface area contributed by atoms with Crippen molar-refractivity contribution in [3.63, 3.8) is 0 Å². The molecule has 0 aliphatic carbocycles. The number of rotatable bonds is 1. The molecule has 2 N–H and O–H groups in total. The summed E-state index contributed by atoms with van der Waals surface area (Å²) in [5.74, 6) is 4.53. The maximum absolute atomic E-state index is 4.53. The molecule has 1 aromatic rings. The first-order chi connectivity index (χ1) is 4.91. The fraction of sp³-hybridized carbons (Fsp3) is 0.286. The third-order valence-corrected chi connectivity index (χ3v) is 0.733. The smallest absolute Gasteiger partial charge is 0.0651 e. The highest BCUT2D eigenvalue weighted by atomic mass is 16.6. The van der Waals surface area contributed by atoms with Crippen LogP contribution in [0.5, 0.6) is 0 Å². The molecule has 0 spiro atoms. The van der Waals surface area contributed by atoms with Crippen molar-refractivity contribution in [2.24, 2.45) is 5.90 Å². The summed E-state index contributed by atoms with van der Waals surface area (Å²) in [6, 6.07) is 5.72. The Morgan fingerprint density at radius 1 is 1.30 bits per heavy atom. The van der Waals surface area contributed by atoms with E-state index in [0.717, 1.165) is 0 Å². The Morgan fingerprint density at radius 2 is 1.80 bits per heavy atom. The van der Waals surface area contributed by atoms with Crippen molar-refractivity contribution < 1.29 is 4.84 Å². The van der Waals surface area contributed by atoms with Gasteiger partial charge in [-0.05, 0) is 19.1 Å². The van der Waals surface area contributed by atoms with Gasteiger partial charge < -0.3 is 4.84 Å². The summed E-state index contributed by atoms with van der Waals surface area (Å²) in [6.45, 7) is 2.43. The number of hydrogen-bond acceptors (Lipinski definition) is 3. The monoisotopic (exact) mass is 140 g/mol. The summed E-state index contributed by atoms with van der Waals surface area (Å²) < 4.78 is 0. The van der Waals surface area contributed by atoms with Crippen molar-refractivity contribution >= 4 is 0 Å². The molecule has 0 bridgehead atoms. The molecule has 3 nitrogen and oxygen atoms in total. The summed E-state index contributed by atoms with van der Waals surface area (Å²) in [4.78, 5) is 7.83. The minimum Gasteiger partial charge on any atom is -0.305 e. The van der Waals surface area contributed by atoms with E-state index in [4.69, 9.17) is 0 Å². The lowest BCUT2D eigenvalue weighted by Gasteiger charge is -1.76. The highest BCUT2D eigenvalue weighted by molar-refractivity contribution is 4.88. The SMILES string of the molecule is CCON.c1ccncc1. The van der Waals surface area contributed by atoms with Gasteiger partial charge in [-0.1, -0.05) is 6.07 Å². The molecule has 0 aliphatic rings. The zero-order chi connectivity index (χ0) is 7.66. The lowest BCUT2D eigenvalue weighted by Crippen LogP contribution is -1.94. The topological polar surface area (TPSA) is 48.1 Å². The third-order valence-electron chi connectivity index (χ3n) is 0.733. The van der Waals surface area contributed by atoms with Crippen LogP contribution in [-0.2, 0) is 4.84 Å². The molecule has 0 unspecified atom stereocenters. The van der Waals surface area contributed by atoms with Crippen molar-refractivity contribution in [2.75, 3.05) is 6.61 Å². The van der Waals surface area contributed by atoms with Crippen LogP contribution >= 0.6 is 0 Å². The Balaban J connectivity index is 0.000000180. The highest BCUT2D eigenvalue weighted by Crippen LogP contribution is 1.73. The van der Waals surface area contributed by atoms with Gasteiger partial charge in [0.15, 0.2) is 0 Å². The zero-order valence-corrected chi connectivity index (χ0v) is 6.03. The molecule has 0 aliphatic heterocycles.